The summed E-state index contributed by atoms with van der Waals surface area (Å²) in [6.45, 7) is -0.280. The van der Waals surface area contributed by atoms with Gasteiger partial charge in [0.25, 0.3) is 17.2 Å². The maximum atomic E-state index is 13.0. The number of nitro groups is 1. The molecule has 1 amide bonds. The summed E-state index contributed by atoms with van der Waals surface area (Å²) < 4.78 is 80.8. The number of hydrogen-bond acceptors (Lipinski definition) is 6. The third kappa shape index (κ3) is 6.05. The van der Waals surface area contributed by atoms with E-state index in [0.29, 0.717) is 17.7 Å². The number of non-ortho nitro benzene ring substituents is 1. The van der Waals surface area contributed by atoms with Crippen molar-refractivity contribution >= 4 is 22.6 Å². The molecule has 0 radical (unpaired) electrons. The van der Waals surface area contributed by atoms with Crippen LogP contribution in [0.15, 0.2) is 59.8 Å². The number of nitrogens with zero attached hydrogens (tertiary/aromatic N) is 5. The Bertz CT molecular complexity index is 1580. The van der Waals surface area contributed by atoms with Gasteiger partial charge in [-0.3, -0.25) is 24.3 Å². The molecule has 0 saturated heterocycles. The molecular weight excluding hydrogens is 538 g/mol. The lowest BCUT2D eigenvalue weighted by Crippen LogP contribution is -2.28. The molecule has 0 spiro atoms. The molecule has 1 N–H and O–H groups in total. The van der Waals surface area contributed by atoms with Crippen molar-refractivity contribution in [3.63, 3.8) is 0 Å². The van der Waals surface area contributed by atoms with Gasteiger partial charge >= 0.3 is 12.4 Å². The molecule has 4 aromatic rings. The fourth-order valence-electron chi connectivity index (χ4n) is 3.66. The van der Waals surface area contributed by atoms with Crippen LogP contribution in [0.3, 0.4) is 0 Å². The maximum Gasteiger partial charge on any atom is 0.416 e. The summed E-state index contributed by atoms with van der Waals surface area (Å²) >= 11 is 0. The standard InChI is InChI=1S/C23H16F6N6O4/c24-22(25,26)15-7-14(8-16(9-15)23(27,28)29)20(36)30-5-6-34-19-18(10-32-34)21(37)33(12-31-19)11-13-1-3-17(4-2-13)35(38)39/h1-4,7-10,12H,5-6,11H2,(H,30,36). The molecule has 2 aromatic heterocycles. The van der Waals surface area contributed by atoms with Crippen LogP contribution in [-0.2, 0) is 25.4 Å². The van der Waals surface area contributed by atoms with Crippen molar-refractivity contribution in [2.45, 2.75) is 25.4 Å². The van der Waals surface area contributed by atoms with Gasteiger partial charge in [0, 0.05) is 24.2 Å². The minimum absolute atomic E-state index is 0.0674. The first-order chi connectivity index (χ1) is 18.2. The molecule has 0 saturated carbocycles. The SMILES string of the molecule is O=C(NCCn1ncc2c(=O)n(Cc3ccc([N+](=O)[O-])cc3)cnc21)c1cc(C(F)(F)F)cc(C(F)(F)F)c1. The molecule has 2 heterocycles. The molecule has 0 aliphatic heterocycles. The largest absolute Gasteiger partial charge is 0.416 e. The zero-order chi connectivity index (χ0) is 28.5. The topological polar surface area (TPSA) is 125 Å². The summed E-state index contributed by atoms with van der Waals surface area (Å²) in [7, 11) is 0. The van der Waals surface area contributed by atoms with E-state index in [1.165, 1.54) is 46.0 Å². The van der Waals surface area contributed by atoms with Crippen LogP contribution in [0.2, 0.25) is 0 Å². The van der Waals surface area contributed by atoms with Crippen LogP contribution in [0.25, 0.3) is 11.0 Å². The number of nitro benzene ring substituents is 1. The fraction of sp³-hybridized carbons (Fsp3) is 0.217. The summed E-state index contributed by atoms with van der Waals surface area (Å²) in [5.41, 5.74) is -3.91. The van der Waals surface area contributed by atoms with Crippen molar-refractivity contribution in [2.24, 2.45) is 0 Å². The average molecular weight is 554 g/mol. The van der Waals surface area contributed by atoms with Crippen molar-refractivity contribution in [1.82, 2.24) is 24.6 Å². The number of benzene rings is 2. The fourth-order valence-corrected chi connectivity index (χ4v) is 3.66. The highest BCUT2D eigenvalue weighted by Crippen LogP contribution is 2.36. The molecule has 4 rings (SSSR count). The second-order valence-corrected chi connectivity index (χ2v) is 8.26. The molecule has 10 nitrogen and oxygen atoms in total. The number of nitrogens with one attached hydrogen (secondary N) is 1. The highest BCUT2D eigenvalue weighted by Gasteiger charge is 2.37. The number of carbonyl (C=O) groups excluding carboxylic acids is 1. The molecule has 0 unspecified atom stereocenters. The minimum Gasteiger partial charge on any atom is -0.350 e. The summed E-state index contributed by atoms with van der Waals surface area (Å²) in [5, 5.41) is 17.1. The minimum atomic E-state index is -5.10. The highest BCUT2D eigenvalue weighted by atomic mass is 19.4. The highest BCUT2D eigenvalue weighted by molar-refractivity contribution is 5.94. The van der Waals surface area contributed by atoms with Crippen molar-refractivity contribution < 1.29 is 36.1 Å². The van der Waals surface area contributed by atoms with E-state index in [-0.39, 0.29) is 42.4 Å². The first-order valence-electron chi connectivity index (χ1n) is 11.0. The van der Waals surface area contributed by atoms with Crippen LogP contribution in [0.1, 0.15) is 27.0 Å². The van der Waals surface area contributed by atoms with Crippen LogP contribution < -0.4 is 10.9 Å². The number of hydrogen-bond donors (Lipinski definition) is 1. The van der Waals surface area contributed by atoms with E-state index in [9.17, 15) is 46.0 Å². The Morgan fingerprint density at radius 3 is 2.18 bits per heavy atom. The van der Waals surface area contributed by atoms with Gasteiger partial charge in [0.05, 0.1) is 35.3 Å². The number of fused-ring (bicyclic) bond motifs is 1. The Hall–Kier alpha value is -4.76. The lowest BCUT2D eigenvalue weighted by Gasteiger charge is -2.14. The predicted octanol–water partition coefficient (Wildman–Crippen LogP) is 4.02. The quantitative estimate of drug-likeness (QED) is 0.209. The number of aromatic nitrogens is 4. The van der Waals surface area contributed by atoms with Gasteiger partial charge in [-0.15, -0.1) is 0 Å². The smallest absolute Gasteiger partial charge is 0.350 e. The second-order valence-electron chi connectivity index (χ2n) is 8.26. The Morgan fingerprint density at radius 1 is 1.00 bits per heavy atom. The van der Waals surface area contributed by atoms with Gasteiger partial charge in [-0.25, -0.2) is 9.67 Å². The monoisotopic (exact) mass is 554 g/mol. The van der Waals surface area contributed by atoms with E-state index in [1.807, 2.05) is 0 Å². The molecule has 0 aliphatic rings. The van der Waals surface area contributed by atoms with Crippen molar-refractivity contribution in [1.29, 1.82) is 0 Å². The first-order valence-corrected chi connectivity index (χ1v) is 11.0. The number of halogens is 6. The Kier molecular flexibility index (Phi) is 7.12. The molecule has 2 aromatic carbocycles. The Morgan fingerprint density at radius 2 is 1.62 bits per heavy atom. The third-order valence-electron chi connectivity index (χ3n) is 5.58. The number of carbonyl (C=O) groups is 1. The normalized spacial score (nSPS) is 12.1. The van der Waals surface area contributed by atoms with Crippen LogP contribution >= 0.6 is 0 Å². The van der Waals surface area contributed by atoms with Gasteiger partial charge in [-0.05, 0) is 23.8 Å². The van der Waals surface area contributed by atoms with Crippen molar-refractivity contribution in [3.8, 4) is 0 Å². The van der Waals surface area contributed by atoms with Crippen molar-refractivity contribution in [3.05, 3.63) is 97.7 Å². The molecule has 16 heteroatoms. The zero-order valence-electron chi connectivity index (χ0n) is 19.5. The van der Waals surface area contributed by atoms with E-state index in [2.05, 4.69) is 15.4 Å². The zero-order valence-corrected chi connectivity index (χ0v) is 19.5. The average Bonchev–Trinajstić information content (AvgIpc) is 3.28. The maximum absolute atomic E-state index is 13.0. The first kappa shape index (κ1) is 27.3. The van der Waals surface area contributed by atoms with Crippen LogP contribution in [0.5, 0.6) is 0 Å². The van der Waals surface area contributed by atoms with Gasteiger partial charge in [0.2, 0.25) is 0 Å². The molecular formula is C23H16F6N6O4. The van der Waals surface area contributed by atoms with Crippen LogP contribution in [-0.4, -0.2) is 36.7 Å². The molecule has 204 valence electrons. The van der Waals surface area contributed by atoms with E-state index in [0.717, 1.165) is 0 Å². The lowest BCUT2D eigenvalue weighted by atomic mass is 10.0. The summed E-state index contributed by atoms with van der Waals surface area (Å²) in [6, 6.07) is 6.13. The molecule has 0 fully saturated rings. The summed E-state index contributed by atoms with van der Waals surface area (Å²) in [6.07, 6.45) is -7.74. The van der Waals surface area contributed by atoms with Gasteiger partial charge in [0.15, 0.2) is 5.65 Å². The van der Waals surface area contributed by atoms with E-state index in [1.54, 1.807) is 0 Å². The van der Waals surface area contributed by atoms with Crippen LogP contribution in [0, 0.1) is 10.1 Å². The Balaban J connectivity index is 1.47. The predicted molar refractivity (Wildman–Crippen MR) is 123 cm³/mol. The lowest BCUT2D eigenvalue weighted by molar-refractivity contribution is -0.384. The molecule has 0 aliphatic carbocycles. The summed E-state index contributed by atoms with van der Waals surface area (Å²) in [5.74, 6) is -1.17. The molecule has 39 heavy (non-hydrogen) atoms. The second kappa shape index (κ2) is 10.2. The Labute approximate surface area is 213 Å². The van der Waals surface area contributed by atoms with Crippen LogP contribution in [0.4, 0.5) is 32.0 Å². The van der Waals surface area contributed by atoms with Gasteiger partial charge in [-0.2, -0.15) is 31.4 Å². The van der Waals surface area contributed by atoms with E-state index < -0.39 is 45.4 Å². The number of rotatable bonds is 7. The van der Waals surface area contributed by atoms with Gasteiger partial charge < -0.3 is 5.32 Å². The summed E-state index contributed by atoms with van der Waals surface area (Å²) in [4.78, 5) is 39.6. The molecule has 0 bridgehead atoms. The van der Waals surface area contributed by atoms with E-state index >= 15 is 0 Å². The van der Waals surface area contributed by atoms with E-state index in [4.69, 9.17) is 0 Å². The van der Waals surface area contributed by atoms with Crippen molar-refractivity contribution in [2.75, 3.05) is 6.54 Å². The molecule has 0 atom stereocenters. The van der Waals surface area contributed by atoms with Gasteiger partial charge in [0.1, 0.15) is 11.7 Å². The number of alkyl halides is 6. The third-order valence-corrected chi connectivity index (χ3v) is 5.58. The van der Waals surface area contributed by atoms with Gasteiger partial charge in [-0.1, -0.05) is 12.1 Å². The number of amides is 1.